The molecule has 16 heavy (non-hydrogen) atoms. The molecule has 0 amide bonds. The summed E-state index contributed by atoms with van der Waals surface area (Å²) in [5.41, 5.74) is -0.384. The first-order valence-corrected chi connectivity index (χ1v) is 4.05. The molecule has 6 nitrogen and oxygen atoms in total. The minimum Gasteiger partial charge on any atom is -0.518 e. The van der Waals surface area contributed by atoms with Gasteiger partial charge in [0.2, 0.25) is 0 Å². The van der Waals surface area contributed by atoms with Gasteiger partial charge in [-0.1, -0.05) is 0 Å². The maximum absolute atomic E-state index is 10.4. The van der Waals surface area contributed by atoms with E-state index in [2.05, 4.69) is 4.85 Å². The number of rotatable bonds is 2. The number of nitro groups is 1. The number of aliphatic hydroxyl groups is 1. The number of nitriles is 1. The van der Waals surface area contributed by atoms with Gasteiger partial charge in [-0.25, -0.2) is 10.1 Å². The summed E-state index contributed by atoms with van der Waals surface area (Å²) in [6.07, 6.45) is 0. The quantitative estimate of drug-likeness (QED) is 0.269. The highest BCUT2D eigenvalue weighted by molar-refractivity contribution is 5.67. The molecule has 0 spiro atoms. The van der Waals surface area contributed by atoms with E-state index in [4.69, 9.17) is 11.8 Å². The Balaban J connectivity index is 3.19. The van der Waals surface area contributed by atoms with Gasteiger partial charge in [0.15, 0.2) is 0 Å². The molecule has 1 aromatic carbocycles. The number of aliphatic hydroxyl groups excluding tert-OH is 1. The number of non-ortho nitro benzene ring substituents is 1. The van der Waals surface area contributed by atoms with Crippen LogP contribution in [0.3, 0.4) is 0 Å². The van der Waals surface area contributed by atoms with Crippen molar-refractivity contribution in [1.82, 2.24) is 0 Å². The number of allylic oxidation sites excluding steroid dienone is 1. The van der Waals surface area contributed by atoms with E-state index in [0.29, 0.717) is 0 Å². The molecule has 0 saturated carbocycles. The second kappa shape index (κ2) is 4.58. The highest BCUT2D eigenvalue weighted by Gasteiger charge is 2.10. The predicted molar refractivity (Wildman–Crippen MR) is 54.9 cm³/mol. The molecule has 0 fully saturated rings. The summed E-state index contributed by atoms with van der Waals surface area (Å²) in [5.74, 6) is -0.479. The number of nitrogens with zero attached hydrogens (tertiary/aromatic N) is 3. The SMILES string of the molecule is [C-]#[N+]/C(C#N)=C(/O)c1ccc([N+](=O)[O-])cc1. The molecule has 1 aromatic rings. The van der Waals surface area contributed by atoms with E-state index in [1.165, 1.54) is 30.3 Å². The molecule has 78 valence electrons. The molecule has 0 bridgehead atoms. The molecule has 0 unspecified atom stereocenters. The first kappa shape index (κ1) is 11.2. The fraction of sp³-hybridized carbons (Fsp3) is 0. The van der Waals surface area contributed by atoms with Gasteiger partial charge in [0.1, 0.15) is 5.76 Å². The Morgan fingerprint density at radius 1 is 1.50 bits per heavy atom. The molecular weight excluding hydrogens is 210 g/mol. The predicted octanol–water partition coefficient (Wildman–Crippen LogP) is 2.26. The molecule has 1 N–H and O–H groups in total. The van der Waals surface area contributed by atoms with Gasteiger partial charge in [0.25, 0.3) is 5.69 Å². The van der Waals surface area contributed by atoms with Crippen molar-refractivity contribution in [2.24, 2.45) is 0 Å². The van der Waals surface area contributed by atoms with Gasteiger partial charge >= 0.3 is 5.70 Å². The largest absolute Gasteiger partial charge is 0.518 e. The minimum absolute atomic E-state index is 0.127. The zero-order valence-electron chi connectivity index (χ0n) is 7.91. The molecule has 0 atom stereocenters. The smallest absolute Gasteiger partial charge is 0.303 e. The summed E-state index contributed by atoms with van der Waals surface area (Å²) in [6.45, 7) is 6.63. The van der Waals surface area contributed by atoms with E-state index in [9.17, 15) is 15.2 Å². The van der Waals surface area contributed by atoms with Gasteiger partial charge < -0.3 is 5.11 Å². The molecule has 0 aliphatic heterocycles. The Morgan fingerprint density at radius 2 is 2.06 bits per heavy atom. The molecule has 0 aliphatic carbocycles. The van der Waals surface area contributed by atoms with Crippen LogP contribution in [0.15, 0.2) is 30.0 Å². The lowest BCUT2D eigenvalue weighted by molar-refractivity contribution is -0.384. The Hall–Kier alpha value is -2.86. The average molecular weight is 215 g/mol. The van der Waals surface area contributed by atoms with Crippen LogP contribution < -0.4 is 0 Å². The summed E-state index contributed by atoms with van der Waals surface area (Å²) >= 11 is 0. The van der Waals surface area contributed by atoms with Crippen LogP contribution in [0, 0.1) is 28.0 Å². The molecular formula is C10H5N3O3. The van der Waals surface area contributed by atoms with E-state index in [1.807, 2.05) is 0 Å². The molecule has 0 saturated heterocycles. The van der Waals surface area contributed by atoms with Crippen molar-refractivity contribution < 1.29 is 10.0 Å². The Bertz CT molecular complexity index is 516. The summed E-state index contributed by atoms with van der Waals surface area (Å²) in [4.78, 5) is 12.6. The monoisotopic (exact) mass is 215 g/mol. The topological polar surface area (TPSA) is 91.5 Å². The van der Waals surface area contributed by atoms with Crippen molar-refractivity contribution >= 4 is 11.4 Å². The van der Waals surface area contributed by atoms with Crippen LogP contribution in [0.5, 0.6) is 0 Å². The number of nitro benzene ring substituents is 1. The van der Waals surface area contributed by atoms with Crippen LogP contribution in [0.4, 0.5) is 5.69 Å². The lowest BCUT2D eigenvalue weighted by Crippen LogP contribution is -1.90. The van der Waals surface area contributed by atoms with Crippen LogP contribution in [-0.4, -0.2) is 10.0 Å². The third-order valence-electron chi connectivity index (χ3n) is 1.79. The van der Waals surface area contributed by atoms with Gasteiger partial charge in [-0.3, -0.25) is 10.1 Å². The van der Waals surface area contributed by atoms with Crippen LogP contribution in [0.2, 0.25) is 0 Å². The van der Waals surface area contributed by atoms with E-state index in [-0.39, 0.29) is 11.3 Å². The summed E-state index contributed by atoms with van der Waals surface area (Å²) < 4.78 is 0. The molecule has 6 heteroatoms. The normalized spacial score (nSPS) is 10.9. The van der Waals surface area contributed by atoms with E-state index < -0.39 is 16.4 Å². The summed E-state index contributed by atoms with van der Waals surface area (Å²) in [6, 6.07) is 6.45. The van der Waals surface area contributed by atoms with Gasteiger partial charge in [-0.05, 0) is 12.1 Å². The van der Waals surface area contributed by atoms with Crippen LogP contribution in [0.25, 0.3) is 10.6 Å². The fourth-order valence-corrected chi connectivity index (χ4v) is 1.01. The van der Waals surface area contributed by atoms with Gasteiger partial charge in [-0.2, -0.15) is 0 Å². The fourth-order valence-electron chi connectivity index (χ4n) is 1.01. The Morgan fingerprint density at radius 3 is 2.44 bits per heavy atom. The highest BCUT2D eigenvalue weighted by Crippen LogP contribution is 2.19. The molecule has 0 heterocycles. The highest BCUT2D eigenvalue weighted by atomic mass is 16.6. The average Bonchev–Trinajstić information content (AvgIpc) is 2.30. The van der Waals surface area contributed by atoms with Crippen molar-refractivity contribution in [2.75, 3.05) is 0 Å². The lowest BCUT2D eigenvalue weighted by atomic mass is 10.1. The van der Waals surface area contributed by atoms with Crippen molar-refractivity contribution in [3.05, 3.63) is 57.1 Å². The van der Waals surface area contributed by atoms with E-state index in [1.54, 1.807) is 0 Å². The van der Waals surface area contributed by atoms with E-state index >= 15 is 0 Å². The Labute approximate surface area is 90.6 Å². The minimum atomic E-state index is -0.579. The third-order valence-corrected chi connectivity index (χ3v) is 1.79. The van der Waals surface area contributed by atoms with Crippen molar-refractivity contribution in [1.29, 1.82) is 5.26 Å². The second-order valence-electron chi connectivity index (χ2n) is 2.72. The molecule has 0 radical (unpaired) electrons. The maximum Gasteiger partial charge on any atom is 0.303 e. The van der Waals surface area contributed by atoms with Gasteiger partial charge in [-0.15, -0.1) is 0 Å². The van der Waals surface area contributed by atoms with Crippen molar-refractivity contribution in [3.63, 3.8) is 0 Å². The van der Waals surface area contributed by atoms with Gasteiger partial charge in [0, 0.05) is 17.7 Å². The van der Waals surface area contributed by atoms with Crippen molar-refractivity contribution in [2.45, 2.75) is 0 Å². The number of hydrogen-bond acceptors (Lipinski definition) is 4. The second-order valence-corrected chi connectivity index (χ2v) is 2.72. The first-order valence-electron chi connectivity index (χ1n) is 4.05. The first-order chi connectivity index (χ1) is 7.60. The van der Waals surface area contributed by atoms with Crippen LogP contribution in [0.1, 0.15) is 5.56 Å². The molecule has 1 rings (SSSR count). The molecule has 0 aromatic heterocycles. The maximum atomic E-state index is 10.4. The number of hydrogen-bond donors (Lipinski definition) is 1. The van der Waals surface area contributed by atoms with Gasteiger partial charge in [0.05, 0.1) is 17.6 Å². The van der Waals surface area contributed by atoms with E-state index in [0.717, 1.165) is 0 Å². The zero-order valence-corrected chi connectivity index (χ0v) is 7.91. The number of benzene rings is 1. The summed E-state index contributed by atoms with van der Waals surface area (Å²) in [7, 11) is 0. The van der Waals surface area contributed by atoms with Crippen molar-refractivity contribution in [3.8, 4) is 6.07 Å². The Kier molecular flexibility index (Phi) is 3.21. The zero-order chi connectivity index (χ0) is 12.1. The van der Waals surface area contributed by atoms with Crippen LogP contribution >= 0.6 is 0 Å². The molecule has 0 aliphatic rings. The van der Waals surface area contributed by atoms with Crippen LogP contribution in [-0.2, 0) is 0 Å². The third kappa shape index (κ3) is 2.14. The standard InChI is InChI=1S/C10H5N3O3/c1-12-9(6-11)10(14)7-2-4-8(5-3-7)13(15)16/h2-5,14H/b10-9+. The lowest BCUT2D eigenvalue weighted by Gasteiger charge is -1.99. The summed E-state index contributed by atoms with van der Waals surface area (Å²) in [5, 5.41) is 28.4.